The Morgan fingerprint density at radius 2 is 1.68 bits per heavy atom. The molecule has 0 atom stereocenters. The van der Waals surface area contributed by atoms with E-state index in [-0.39, 0.29) is 0 Å². The highest BCUT2D eigenvalue weighted by molar-refractivity contribution is 7.88. The number of hydrogen-bond donors (Lipinski definition) is 2. The van der Waals surface area contributed by atoms with Crippen LogP contribution in [0.25, 0.3) is 0 Å². The first-order chi connectivity index (χ1) is 11.8. The van der Waals surface area contributed by atoms with Crippen LogP contribution in [0.3, 0.4) is 0 Å². The molecule has 3 rings (SSSR count). The van der Waals surface area contributed by atoms with Gasteiger partial charge >= 0.3 is 10.2 Å². The first-order valence-electron chi connectivity index (χ1n) is 8.04. The topological polar surface area (TPSA) is 70.6 Å². The summed E-state index contributed by atoms with van der Waals surface area (Å²) in [7, 11) is -3.75. The molecular weight excluding hydrogens is 334 g/mol. The fourth-order valence-electron chi connectivity index (χ4n) is 3.01. The average molecular weight is 355 g/mol. The highest BCUT2D eigenvalue weighted by Crippen LogP contribution is 2.23. The molecule has 0 spiro atoms. The highest BCUT2D eigenvalue weighted by atomic mass is 32.2. The van der Waals surface area contributed by atoms with Crippen LogP contribution in [0.2, 0.25) is 0 Å². The van der Waals surface area contributed by atoms with Crippen LogP contribution in [0.5, 0.6) is 0 Å². The van der Waals surface area contributed by atoms with E-state index in [0.717, 1.165) is 22.4 Å². The molecule has 130 valence electrons. The van der Waals surface area contributed by atoms with E-state index in [4.69, 9.17) is 0 Å². The minimum Gasteiger partial charge on any atom is -0.339 e. The summed E-state index contributed by atoms with van der Waals surface area (Å²) in [5, 5.41) is 3.17. The molecule has 2 N–H and O–H groups in total. The fraction of sp³-hybridized carbons (Fsp3) is 0.211. The lowest BCUT2D eigenvalue weighted by molar-refractivity contribution is 0.589. The van der Waals surface area contributed by atoms with Gasteiger partial charge in [-0.3, -0.25) is 4.72 Å². The first-order valence-corrected chi connectivity index (χ1v) is 9.48. The third-order valence-corrected chi connectivity index (χ3v) is 4.91. The molecule has 0 fully saturated rings. The van der Waals surface area contributed by atoms with Crippen molar-refractivity contribution in [3.05, 3.63) is 76.5 Å². The second-order valence-corrected chi connectivity index (χ2v) is 7.62. The van der Waals surface area contributed by atoms with Crippen LogP contribution in [-0.2, 0) is 16.6 Å². The number of hydrogen-bond acceptors (Lipinski definition) is 3. The van der Waals surface area contributed by atoms with Gasteiger partial charge in [-0.1, -0.05) is 48.0 Å². The summed E-state index contributed by atoms with van der Waals surface area (Å²) in [5.41, 5.74) is 5.77. The third-order valence-electron chi connectivity index (χ3n) is 3.96. The van der Waals surface area contributed by atoms with Crippen molar-refractivity contribution in [1.82, 2.24) is 4.72 Å². The molecule has 5 nitrogen and oxygen atoms in total. The van der Waals surface area contributed by atoms with Crippen molar-refractivity contribution in [3.63, 3.8) is 0 Å². The van der Waals surface area contributed by atoms with Gasteiger partial charge in [0.05, 0.1) is 0 Å². The van der Waals surface area contributed by atoms with Gasteiger partial charge in [0.1, 0.15) is 5.84 Å². The summed E-state index contributed by atoms with van der Waals surface area (Å²) >= 11 is 0. The Labute approximate surface area is 148 Å². The molecule has 0 saturated heterocycles. The molecule has 0 unspecified atom stereocenters. The van der Waals surface area contributed by atoms with Crippen LogP contribution >= 0.6 is 0 Å². The molecule has 0 amide bonds. The quantitative estimate of drug-likeness (QED) is 0.886. The maximum atomic E-state index is 12.1. The fourth-order valence-corrected chi connectivity index (χ4v) is 3.87. The molecule has 1 heterocycles. The number of nitrogens with one attached hydrogen (secondary N) is 2. The molecule has 0 bridgehead atoms. The van der Waals surface area contributed by atoms with Crippen molar-refractivity contribution in [3.8, 4) is 0 Å². The van der Waals surface area contributed by atoms with Crippen molar-refractivity contribution >= 4 is 21.7 Å². The molecule has 6 heteroatoms. The zero-order chi connectivity index (χ0) is 18.0. The summed E-state index contributed by atoms with van der Waals surface area (Å²) < 4.78 is 30.5. The molecular formula is C19H21N3O2S. The molecule has 1 aliphatic rings. The summed E-state index contributed by atoms with van der Waals surface area (Å²) in [4.78, 5) is 0. The van der Waals surface area contributed by atoms with E-state index in [9.17, 15) is 8.42 Å². The Morgan fingerprint density at radius 3 is 2.32 bits per heavy atom. The van der Waals surface area contributed by atoms with Gasteiger partial charge in [-0.05, 0) is 37.5 Å². The monoisotopic (exact) mass is 355 g/mol. The second kappa shape index (κ2) is 6.72. The van der Waals surface area contributed by atoms with Crippen LogP contribution in [0.15, 0.2) is 58.6 Å². The minimum absolute atomic E-state index is 0.319. The second-order valence-electron chi connectivity index (χ2n) is 6.28. The molecule has 2 aromatic carbocycles. The van der Waals surface area contributed by atoms with E-state index < -0.39 is 10.2 Å². The molecule has 1 aliphatic heterocycles. The molecule has 0 saturated carbocycles. The number of allylic oxidation sites excluding steroid dienone is 1. The van der Waals surface area contributed by atoms with Crippen LogP contribution in [0, 0.1) is 20.8 Å². The Hall–Kier alpha value is -2.60. The van der Waals surface area contributed by atoms with E-state index in [0.29, 0.717) is 18.0 Å². The standard InChI is InChI=1S/C19H21N3O2S/c1-13-9-14(2)19(15(3)10-13)20-18-12-17(21-25(23,24)22-18)11-16-7-5-4-6-8-16/h4-10,12,21H,11H2,1-3H3,(H,20,22). The third kappa shape index (κ3) is 4.28. The summed E-state index contributed by atoms with van der Waals surface area (Å²) in [6.45, 7) is 6.02. The molecule has 0 radical (unpaired) electrons. The zero-order valence-corrected chi connectivity index (χ0v) is 15.3. The van der Waals surface area contributed by atoms with Crippen molar-refractivity contribution in [2.45, 2.75) is 27.2 Å². The number of anilines is 1. The predicted octanol–water partition coefficient (Wildman–Crippen LogP) is 3.40. The van der Waals surface area contributed by atoms with Crippen molar-refractivity contribution < 1.29 is 8.42 Å². The van der Waals surface area contributed by atoms with Crippen LogP contribution in [0.1, 0.15) is 22.3 Å². The molecule has 0 aromatic heterocycles. The van der Waals surface area contributed by atoms with Crippen LogP contribution < -0.4 is 10.0 Å². The van der Waals surface area contributed by atoms with Gasteiger partial charge in [0.25, 0.3) is 0 Å². The molecule has 25 heavy (non-hydrogen) atoms. The lowest BCUT2D eigenvalue weighted by Gasteiger charge is -2.19. The first kappa shape index (κ1) is 17.2. The number of rotatable bonds is 3. The van der Waals surface area contributed by atoms with Gasteiger partial charge in [0.2, 0.25) is 0 Å². The van der Waals surface area contributed by atoms with E-state index >= 15 is 0 Å². The van der Waals surface area contributed by atoms with E-state index in [1.54, 1.807) is 6.08 Å². The maximum absolute atomic E-state index is 12.1. The number of nitrogens with zero attached hydrogens (tertiary/aromatic N) is 1. The molecule has 2 aromatic rings. The van der Waals surface area contributed by atoms with E-state index in [1.807, 2.05) is 51.1 Å². The SMILES string of the molecule is Cc1cc(C)c(NC2=NS(=O)(=O)NC(Cc3ccccc3)=C2)c(C)c1. The van der Waals surface area contributed by atoms with Crippen molar-refractivity contribution in [2.24, 2.45) is 4.40 Å². The Kier molecular flexibility index (Phi) is 4.63. The van der Waals surface area contributed by atoms with Crippen LogP contribution in [-0.4, -0.2) is 14.3 Å². The van der Waals surface area contributed by atoms with Crippen molar-refractivity contribution in [2.75, 3.05) is 5.32 Å². The number of benzene rings is 2. The number of amidine groups is 1. The molecule has 0 aliphatic carbocycles. The lowest BCUT2D eigenvalue weighted by Crippen LogP contribution is -2.30. The van der Waals surface area contributed by atoms with E-state index in [1.165, 1.54) is 5.56 Å². The normalized spacial score (nSPS) is 15.8. The smallest absolute Gasteiger partial charge is 0.339 e. The zero-order valence-electron chi connectivity index (χ0n) is 14.5. The Morgan fingerprint density at radius 1 is 1.04 bits per heavy atom. The average Bonchev–Trinajstić information content (AvgIpc) is 2.50. The van der Waals surface area contributed by atoms with Gasteiger partial charge in [-0.2, -0.15) is 8.42 Å². The van der Waals surface area contributed by atoms with Crippen molar-refractivity contribution in [1.29, 1.82) is 0 Å². The number of aryl methyl sites for hydroxylation is 3. The minimum atomic E-state index is -3.75. The summed E-state index contributed by atoms with van der Waals surface area (Å²) in [6, 6.07) is 13.8. The largest absolute Gasteiger partial charge is 0.343 e. The summed E-state index contributed by atoms with van der Waals surface area (Å²) in [5.74, 6) is 0.319. The van der Waals surface area contributed by atoms with Gasteiger partial charge in [-0.15, -0.1) is 4.40 Å². The van der Waals surface area contributed by atoms with Gasteiger partial charge in [0.15, 0.2) is 0 Å². The van der Waals surface area contributed by atoms with Gasteiger partial charge in [-0.25, -0.2) is 0 Å². The Balaban J connectivity index is 1.91. The lowest BCUT2D eigenvalue weighted by atomic mass is 10.0. The van der Waals surface area contributed by atoms with Crippen LogP contribution in [0.4, 0.5) is 5.69 Å². The van der Waals surface area contributed by atoms with E-state index in [2.05, 4.69) is 26.6 Å². The summed E-state index contributed by atoms with van der Waals surface area (Å²) in [6.07, 6.45) is 2.24. The van der Waals surface area contributed by atoms with Gasteiger partial charge in [0, 0.05) is 23.9 Å². The highest BCUT2D eigenvalue weighted by Gasteiger charge is 2.19. The van der Waals surface area contributed by atoms with Gasteiger partial charge < -0.3 is 5.32 Å². The maximum Gasteiger partial charge on any atom is 0.343 e. The Bertz CT molecular complexity index is 938. The predicted molar refractivity (Wildman–Crippen MR) is 102 cm³/mol.